The van der Waals surface area contributed by atoms with E-state index in [1.807, 2.05) is 13.8 Å². The van der Waals surface area contributed by atoms with Gasteiger partial charge >= 0.3 is 0 Å². The van der Waals surface area contributed by atoms with Gasteiger partial charge in [0.25, 0.3) is 0 Å². The summed E-state index contributed by atoms with van der Waals surface area (Å²) in [5.74, 6) is 0.865. The molecule has 0 heterocycles. The summed E-state index contributed by atoms with van der Waals surface area (Å²) in [5.41, 5.74) is 0.932. The highest BCUT2D eigenvalue weighted by molar-refractivity contribution is 5.08. The molecule has 0 N–H and O–H groups in total. The number of halogens is 1. The molecule has 0 aliphatic heterocycles. The molecule has 0 spiro atoms. The quantitative estimate of drug-likeness (QED) is 0.472. The van der Waals surface area contributed by atoms with Gasteiger partial charge in [0.2, 0.25) is 0 Å². The molecule has 0 aromatic heterocycles. The lowest BCUT2D eigenvalue weighted by Gasteiger charge is -2.16. The first-order chi connectivity index (χ1) is 5.11. The third-order valence-electron chi connectivity index (χ3n) is 2.55. The molecule has 1 heteroatoms. The lowest BCUT2D eigenvalue weighted by atomic mass is 9.94. The third-order valence-corrected chi connectivity index (χ3v) is 2.55. The lowest BCUT2D eigenvalue weighted by molar-refractivity contribution is 0.256. The highest BCUT2D eigenvalue weighted by atomic mass is 19.1. The zero-order valence-corrected chi connectivity index (χ0v) is 7.60. The van der Waals surface area contributed by atoms with Crippen molar-refractivity contribution in [2.75, 3.05) is 0 Å². The molecule has 0 radical (unpaired) electrons. The zero-order chi connectivity index (χ0) is 8.43. The van der Waals surface area contributed by atoms with Crippen LogP contribution in [0.1, 0.15) is 33.6 Å². The minimum absolute atomic E-state index is 0.212. The Balaban J connectivity index is 2.68. The molecule has 0 fully saturated rings. The topological polar surface area (TPSA) is 0 Å². The van der Waals surface area contributed by atoms with Gasteiger partial charge in [-0.2, -0.15) is 0 Å². The maximum atomic E-state index is 13.3. The Morgan fingerprint density at radius 3 is 2.73 bits per heavy atom. The fourth-order valence-electron chi connectivity index (χ4n) is 1.80. The van der Waals surface area contributed by atoms with Crippen molar-refractivity contribution in [3.63, 3.8) is 0 Å². The van der Waals surface area contributed by atoms with E-state index >= 15 is 0 Å². The Labute approximate surface area is 68.5 Å². The van der Waals surface area contributed by atoms with E-state index in [4.69, 9.17) is 0 Å². The number of hydrogen-bond donors (Lipinski definition) is 0. The summed E-state index contributed by atoms with van der Waals surface area (Å²) in [5, 5.41) is 0. The molecule has 1 aliphatic rings. The molecule has 0 saturated carbocycles. The summed E-state index contributed by atoms with van der Waals surface area (Å²) >= 11 is 0. The molecule has 3 atom stereocenters. The molecule has 0 aromatic rings. The van der Waals surface area contributed by atoms with Crippen molar-refractivity contribution in [3.05, 3.63) is 11.6 Å². The van der Waals surface area contributed by atoms with Crippen molar-refractivity contribution in [1.29, 1.82) is 0 Å². The van der Waals surface area contributed by atoms with Crippen molar-refractivity contribution in [2.45, 2.75) is 39.8 Å². The minimum atomic E-state index is -0.694. The van der Waals surface area contributed by atoms with E-state index in [1.54, 1.807) is 0 Å². The summed E-state index contributed by atoms with van der Waals surface area (Å²) in [6.45, 7) is 6.10. The third kappa shape index (κ3) is 2.05. The Kier molecular flexibility index (Phi) is 2.69. The number of allylic oxidation sites excluding steroid dienone is 2. The summed E-state index contributed by atoms with van der Waals surface area (Å²) in [6.07, 6.45) is 3.43. The van der Waals surface area contributed by atoms with E-state index in [1.165, 1.54) is 0 Å². The van der Waals surface area contributed by atoms with Crippen LogP contribution in [-0.2, 0) is 0 Å². The van der Waals surface area contributed by atoms with Gasteiger partial charge in [0.15, 0.2) is 0 Å². The van der Waals surface area contributed by atoms with Gasteiger partial charge in [-0.25, -0.2) is 4.39 Å². The maximum Gasteiger partial charge on any atom is 0.123 e. The van der Waals surface area contributed by atoms with Crippen molar-refractivity contribution in [3.8, 4) is 0 Å². The summed E-state index contributed by atoms with van der Waals surface area (Å²) in [7, 11) is 0. The van der Waals surface area contributed by atoms with Crippen LogP contribution in [0.25, 0.3) is 0 Å². The number of alkyl halides is 1. The fourth-order valence-corrected chi connectivity index (χ4v) is 1.80. The van der Waals surface area contributed by atoms with Gasteiger partial charge in [-0.05, 0) is 37.2 Å². The van der Waals surface area contributed by atoms with E-state index in [0.717, 1.165) is 18.4 Å². The molecule has 0 bridgehead atoms. The second-order valence-corrected chi connectivity index (χ2v) is 3.90. The van der Waals surface area contributed by atoms with Crippen LogP contribution in [0.3, 0.4) is 0 Å². The highest BCUT2D eigenvalue weighted by Crippen LogP contribution is 2.28. The molecule has 0 saturated heterocycles. The molecule has 2 unspecified atom stereocenters. The molecule has 0 aromatic carbocycles. The van der Waals surface area contributed by atoms with E-state index in [-0.39, 0.29) is 5.92 Å². The van der Waals surface area contributed by atoms with Crippen LogP contribution < -0.4 is 0 Å². The van der Waals surface area contributed by atoms with Crippen LogP contribution in [0.15, 0.2) is 11.6 Å². The van der Waals surface area contributed by atoms with Crippen molar-refractivity contribution in [2.24, 2.45) is 11.8 Å². The summed E-state index contributed by atoms with van der Waals surface area (Å²) in [4.78, 5) is 0. The van der Waals surface area contributed by atoms with Crippen molar-refractivity contribution in [1.82, 2.24) is 0 Å². The number of hydrogen-bond acceptors (Lipinski definition) is 0. The highest BCUT2D eigenvalue weighted by Gasteiger charge is 2.22. The van der Waals surface area contributed by atoms with Gasteiger partial charge in [-0.3, -0.25) is 0 Å². The number of rotatable bonds is 0. The average molecular weight is 156 g/mol. The minimum Gasteiger partial charge on any atom is -0.242 e. The summed E-state index contributed by atoms with van der Waals surface area (Å²) < 4.78 is 13.3. The van der Waals surface area contributed by atoms with Crippen LogP contribution in [0.5, 0.6) is 0 Å². The molecule has 0 nitrogen and oxygen atoms in total. The Bertz CT molecular complexity index is 160. The Hall–Kier alpha value is -0.330. The Morgan fingerprint density at radius 2 is 2.09 bits per heavy atom. The normalized spacial score (nSPS) is 39.6. The standard InChI is InChI=1S/C10H17F/c1-7-4-5-8(2)10(11)9(3)6-7/h5,7,9-10H,4,6H2,1-3H3/t7?,9?,10-/m1/s1. The van der Waals surface area contributed by atoms with Crippen LogP contribution in [-0.4, -0.2) is 6.17 Å². The van der Waals surface area contributed by atoms with Crippen LogP contribution in [0.4, 0.5) is 4.39 Å². The molecule has 0 amide bonds. The van der Waals surface area contributed by atoms with E-state index in [9.17, 15) is 4.39 Å². The van der Waals surface area contributed by atoms with Gasteiger partial charge in [-0.15, -0.1) is 0 Å². The van der Waals surface area contributed by atoms with E-state index in [0.29, 0.717) is 5.92 Å². The lowest BCUT2D eigenvalue weighted by Crippen LogP contribution is -2.13. The van der Waals surface area contributed by atoms with Crippen LogP contribution in [0.2, 0.25) is 0 Å². The largest absolute Gasteiger partial charge is 0.242 e. The first kappa shape index (κ1) is 8.76. The van der Waals surface area contributed by atoms with Crippen LogP contribution >= 0.6 is 0 Å². The SMILES string of the molecule is CC1=CCC(C)CC(C)[C@@H]1F. The van der Waals surface area contributed by atoms with Gasteiger partial charge in [0.1, 0.15) is 6.17 Å². The van der Waals surface area contributed by atoms with Gasteiger partial charge in [0.05, 0.1) is 0 Å². The fraction of sp³-hybridized carbons (Fsp3) is 0.800. The molecule has 1 rings (SSSR count). The second kappa shape index (κ2) is 3.38. The zero-order valence-electron chi connectivity index (χ0n) is 7.60. The van der Waals surface area contributed by atoms with Gasteiger partial charge in [0, 0.05) is 0 Å². The maximum absolute atomic E-state index is 13.3. The molecule has 11 heavy (non-hydrogen) atoms. The van der Waals surface area contributed by atoms with Crippen molar-refractivity contribution >= 4 is 0 Å². The van der Waals surface area contributed by atoms with Crippen LogP contribution in [0, 0.1) is 11.8 Å². The first-order valence-corrected chi connectivity index (χ1v) is 4.42. The summed E-state index contributed by atoms with van der Waals surface area (Å²) in [6, 6.07) is 0. The monoisotopic (exact) mass is 156 g/mol. The first-order valence-electron chi connectivity index (χ1n) is 4.42. The Morgan fingerprint density at radius 1 is 1.45 bits per heavy atom. The van der Waals surface area contributed by atoms with Crippen molar-refractivity contribution < 1.29 is 4.39 Å². The van der Waals surface area contributed by atoms with E-state index < -0.39 is 6.17 Å². The molecule has 1 aliphatic carbocycles. The molecular formula is C10H17F. The van der Waals surface area contributed by atoms with Gasteiger partial charge in [-0.1, -0.05) is 19.9 Å². The second-order valence-electron chi connectivity index (χ2n) is 3.90. The molecular weight excluding hydrogens is 139 g/mol. The predicted molar refractivity (Wildman–Crippen MR) is 46.2 cm³/mol. The predicted octanol–water partition coefficient (Wildman–Crippen LogP) is 3.34. The van der Waals surface area contributed by atoms with Gasteiger partial charge < -0.3 is 0 Å². The average Bonchev–Trinajstić information content (AvgIpc) is 2.05. The van der Waals surface area contributed by atoms with E-state index in [2.05, 4.69) is 13.0 Å². The smallest absolute Gasteiger partial charge is 0.123 e. The molecule has 64 valence electrons.